The second-order valence-electron chi connectivity index (χ2n) is 9.35. The zero-order valence-electron chi connectivity index (χ0n) is 19.4. The van der Waals surface area contributed by atoms with Crippen molar-refractivity contribution in [2.24, 2.45) is 11.8 Å². The molecule has 13 heteroatoms. The lowest BCUT2D eigenvalue weighted by Crippen LogP contribution is -2.40. The average Bonchev–Trinajstić information content (AvgIpc) is 3.54. The number of aryl methyl sites for hydroxylation is 1. The zero-order chi connectivity index (χ0) is 25.8. The molecule has 0 bridgehead atoms. The summed E-state index contributed by atoms with van der Waals surface area (Å²) in [5, 5.41) is 18.1. The van der Waals surface area contributed by atoms with Crippen LogP contribution in [0, 0.1) is 24.6 Å². The van der Waals surface area contributed by atoms with Crippen LogP contribution in [0.15, 0.2) is 36.7 Å². The molecule has 2 fully saturated rings. The van der Waals surface area contributed by atoms with Crippen LogP contribution < -0.4 is 4.90 Å². The fourth-order valence-electron chi connectivity index (χ4n) is 4.80. The Bertz CT molecular complexity index is 1280. The van der Waals surface area contributed by atoms with Crippen molar-refractivity contribution in [3.8, 4) is 5.69 Å². The summed E-state index contributed by atoms with van der Waals surface area (Å²) in [6, 6.07) is 5.38. The fourth-order valence-corrected chi connectivity index (χ4v) is 4.80. The van der Waals surface area contributed by atoms with E-state index in [1.165, 1.54) is 29.3 Å². The number of carbonyl (C=O) groups is 1. The predicted octanol–water partition coefficient (Wildman–Crippen LogP) is 2.48. The van der Waals surface area contributed by atoms with Crippen molar-refractivity contribution in [1.29, 1.82) is 0 Å². The first-order chi connectivity index (χ1) is 17.0. The number of amides is 1. The van der Waals surface area contributed by atoms with E-state index in [1.807, 2.05) is 0 Å². The van der Waals surface area contributed by atoms with E-state index < -0.39 is 29.2 Å². The largest absolute Gasteiger partial charge is 0.422 e. The van der Waals surface area contributed by atoms with E-state index in [4.69, 9.17) is 0 Å². The van der Waals surface area contributed by atoms with Crippen molar-refractivity contribution >= 4 is 11.9 Å². The van der Waals surface area contributed by atoms with Crippen LogP contribution >= 0.6 is 0 Å². The number of alkyl halides is 3. The Morgan fingerprint density at radius 1 is 1.06 bits per heavy atom. The molecule has 1 aromatic carbocycles. The lowest BCUT2D eigenvalue weighted by atomic mass is 10.0. The number of hydrogen-bond donors (Lipinski definition) is 1. The van der Waals surface area contributed by atoms with Crippen LogP contribution in [0.3, 0.4) is 0 Å². The van der Waals surface area contributed by atoms with E-state index in [0.29, 0.717) is 38.8 Å². The maximum Gasteiger partial charge on any atom is 0.422 e. The zero-order valence-corrected chi connectivity index (χ0v) is 19.4. The lowest BCUT2D eigenvalue weighted by Gasteiger charge is -2.27. The minimum Gasteiger partial charge on any atom is -0.375 e. The summed E-state index contributed by atoms with van der Waals surface area (Å²) in [4.78, 5) is 26.2. The molecule has 3 aromatic rings. The molecule has 2 saturated heterocycles. The quantitative estimate of drug-likeness (QED) is 0.544. The number of fused-ring (bicyclic) bond motifs is 1. The maximum atomic E-state index is 14.7. The number of rotatable bonds is 4. The van der Waals surface area contributed by atoms with Gasteiger partial charge in [0.1, 0.15) is 17.1 Å². The predicted molar refractivity (Wildman–Crippen MR) is 119 cm³/mol. The van der Waals surface area contributed by atoms with Crippen LogP contribution in [0.5, 0.6) is 0 Å². The molecule has 0 aliphatic carbocycles. The molecule has 5 rings (SSSR count). The molecule has 1 N–H and O–H groups in total. The Kier molecular flexibility index (Phi) is 5.69. The summed E-state index contributed by atoms with van der Waals surface area (Å²) < 4.78 is 54.8. The number of aliphatic hydroxyl groups is 1. The third kappa shape index (κ3) is 4.06. The van der Waals surface area contributed by atoms with Crippen molar-refractivity contribution in [1.82, 2.24) is 29.9 Å². The minimum atomic E-state index is -4.90. The van der Waals surface area contributed by atoms with Gasteiger partial charge < -0.3 is 14.9 Å². The number of halogens is 4. The van der Waals surface area contributed by atoms with Gasteiger partial charge in [0.25, 0.3) is 5.91 Å². The number of likely N-dealkylation sites (tertiary alicyclic amines) is 1. The van der Waals surface area contributed by atoms with Crippen LogP contribution in [-0.2, 0) is 5.60 Å². The molecule has 0 spiro atoms. The molecule has 1 unspecified atom stereocenters. The van der Waals surface area contributed by atoms with Gasteiger partial charge in [-0.15, -0.1) is 0 Å². The van der Waals surface area contributed by atoms with Gasteiger partial charge in [0.2, 0.25) is 5.95 Å². The highest BCUT2D eigenvalue weighted by molar-refractivity contribution is 5.98. The third-order valence-corrected chi connectivity index (χ3v) is 6.79. The topological polar surface area (TPSA) is 100 Å². The standard InChI is InChI=1S/C23H23F4N7O2/c1-13-8-18(22(2,36)23(25,26)27)31-21(30-13)33-11-14-9-32(10-15(14)12-33)20(35)19-16(24)4-3-5-17(19)34-28-6-7-29-34/h3-8,14-15,36H,9-12H2,1-2H3/t14-,15+,22?. The van der Waals surface area contributed by atoms with E-state index >= 15 is 0 Å². The molecule has 0 radical (unpaired) electrons. The fraction of sp³-hybridized carbons (Fsp3) is 0.435. The van der Waals surface area contributed by atoms with E-state index in [9.17, 15) is 27.5 Å². The Morgan fingerprint density at radius 3 is 2.31 bits per heavy atom. The van der Waals surface area contributed by atoms with Crippen LogP contribution in [0.4, 0.5) is 23.5 Å². The molecular formula is C23H23F4N7O2. The molecule has 0 saturated carbocycles. The van der Waals surface area contributed by atoms with Gasteiger partial charge in [-0.1, -0.05) is 6.07 Å². The van der Waals surface area contributed by atoms with Gasteiger partial charge in [-0.2, -0.15) is 28.2 Å². The Labute approximate surface area is 203 Å². The summed E-state index contributed by atoms with van der Waals surface area (Å²) in [5.74, 6) is -1.05. The van der Waals surface area contributed by atoms with Crippen molar-refractivity contribution in [3.63, 3.8) is 0 Å². The molecule has 2 aliphatic heterocycles. The van der Waals surface area contributed by atoms with E-state index in [2.05, 4.69) is 20.2 Å². The Hall–Kier alpha value is -3.61. The molecular weight excluding hydrogens is 482 g/mol. The number of benzene rings is 1. The SMILES string of the molecule is Cc1cc(C(C)(O)C(F)(F)F)nc(N2C[C@H]3CN(C(=O)c4c(F)cccc4-n4nccn4)C[C@H]3C2)n1. The van der Waals surface area contributed by atoms with Crippen LogP contribution in [0.2, 0.25) is 0 Å². The maximum absolute atomic E-state index is 14.7. The van der Waals surface area contributed by atoms with Gasteiger partial charge in [0.15, 0.2) is 5.60 Å². The Balaban J connectivity index is 1.34. The van der Waals surface area contributed by atoms with Crippen molar-refractivity contribution in [2.75, 3.05) is 31.1 Å². The second-order valence-corrected chi connectivity index (χ2v) is 9.35. The van der Waals surface area contributed by atoms with Crippen molar-refractivity contribution < 1.29 is 27.5 Å². The normalized spacial score (nSPS) is 21.5. The summed E-state index contributed by atoms with van der Waals surface area (Å²) >= 11 is 0. The summed E-state index contributed by atoms with van der Waals surface area (Å²) in [5.41, 5.74) is -3.22. The number of nitrogens with zero attached hydrogens (tertiary/aromatic N) is 7. The van der Waals surface area contributed by atoms with Crippen molar-refractivity contribution in [2.45, 2.75) is 25.6 Å². The van der Waals surface area contributed by atoms with Gasteiger partial charge in [-0.3, -0.25) is 4.79 Å². The minimum absolute atomic E-state index is 0.00249. The highest BCUT2D eigenvalue weighted by atomic mass is 19.4. The molecule has 9 nitrogen and oxygen atoms in total. The summed E-state index contributed by atoms with van der Waals surface area (Å²) in [6.45, 7) is 3.72. The molecule has 2 aliphatic rings. The van der Waals surface area contributed by atoms with E-state index in [-0.39, 0.29) is 29.0 Å². The summed E-state index contributed by atoms with van der Waals surface area (Å²) in [7, 11) is 0. The lowest BCUT2D eigenvalue weighted by molar-refractivity contribution is -0.260. The second kappa shape index (κ2) is 8.50. The highest BCUT2D eigenvalue weighted by Crippen LogP contribution is 2.39. The van der Waals surface area contributed by atoms with E-state index in [0.717, 1.165) is 6.07 Å². The molecule has 190 valence electrons. The first-order valence-corrected chi connectivity index (χ1v) is 11.3. The van der Waals surface area contributed by atoms with Gasteiger partial charge in [0.05, 0.1) is 18.1 Å². The average molecular weight is 505 g/mol. The van der Waals surface area contributed by atoms with Gasteiger partial charge >= 0.3 is 6.18 Å². The monoisotopic (exact) mass is 505 g/mol. The number of carbonyl (C=O) groups excluding carboxylic acids is 1. The third-order valence-electron chi connectivity index (χ3n) is 6.79. The molecule has 4 heterocycles. The van der Waals surface area contributed by atoms with E-state index in [1.54, 1.807) is 22.8 Å². The smallest absolute Gasteiger partial charge is 0.375 e. The van der Waals surface area contributed by atoms with Crippen molar-refractivity contribution in [3.05, 3.63) is 59.4 Å². The van der Waals surface area contributed by atoms with Crippen LogP contribution in [0.25, 0.3) is 5.69 Å². The molecule has 2 aromatic heterocycles. The Morgan fingerprint density at radius 2 is 1.69 bits per heavy atom. The molecule has 3 atom stereocenters. The van der Waals surface area contributed by atoms with Crippen LogP contribution in [0.1, 0.15) is 28.7 Å². The van der Waals surface area contributed by atoms with Gasteiger partial charge in [-0.25, -0.2) is 14.4 Å². The first kappa shape index (κ1) is 24.1. The molecule has 36 heavy (non-hydrogen) atoms. The summed E-state index contributed by atoms with van der Waals surface area (Å²) in [6.07, 6.45) is -2.04. The van der Waals surface area contributed by atoms with Gasteiger partial charge in [0, 0.05) is 43.7 Å². The van der Waals surface area contributed by atoms with Crippen LogP contribution in [-0.4, -0.2) is 73.2 Å². The number of anilines is 1. The number of aromatic nitrogens is 5. The molecule has 1 amide bonds. The van der Waals surface area contributed by atoms with Gasteiger partial charge in [-0.05, 0) is 32.0 Å². The first-order valence-electron chi connectivity index (χ1n) is 11.3. The number of hydrogen-bond acceptors (Lipinski definition) is 7. The highest BCUT2D eigenvalue weighted by Gasteiger charge is 2.53.